The van der Waals surface area contributed by atoms with Gasteiger partial charge in [-0.25, -0.2) is 0 Å². The first kappa shape index (κ1) is 13.5. The van der Waals surface area contributed by atoms with E-state index in [9.17, 15) is 4.79 Å². The fraction of sp³-hybridized carbons (Fsp3) is 0.917. The number of amides is 1. The van der Waals surface area contributed by atoms with Crippen LogP contribution in [0.4, 0.5) is 0 Å². The highest BCUT2D eigenvalue weighted by atomic mass is 16.5. The standard InChI is InChI=1S/C12H24N2O2/c1-5-9(3)14(4)12(15)10-7-16-8-11(10)13-6-2/h9-11,13H,5-8H2,1-4H3. The fourth-order valence-corrected chi connectivity index (χ4v) is 2.01. The molecule has 1 fully saturated rings. The van der Waals surface area contributed by atoms with Crippen LogP contribution in [-0.2, 0) is 9.53 Å². The molecule has 0 bridgehead atoms. The quantitative estimate of drug-likeness (QED) is 0.759. The average molecular weight is 228 g/mol. The minimum Gasteiger partial charge on any atom is -0.379 e. The zero-order valence-corrected chi connectivity index (χ0v) is 10.8. The second-order valence-electron chi connectivity index (χ2n) is 4.51. The van der Waals surface area contributed by atoms with Crippen molar-refractivity contribution >= 4 is 5.91 Å². The summed E-state index contributed by atoms with van der Waals surface area (Å²) in [7, 11) is 1.89. The number of hydrogen-bond acceptors (Lipinski definition) is 3. The largest absolute Gasteiger partial charge is 0.379 e. The van der Waals surface area contributed by atoms with E-state index in [0.29, 0.717) is 19.3 Å². The molecule has 3 atom stereocenters. The Labute approximate surface area is 98.3 Å². The number of carbonyl (C=O) groups is 1. The van der Waals surface area contributed by atoms with Crippen LogP contribution in [-0.4, -0.2) is 49.7 Å². The second kappa shape index (κ2) is 6.21. The molecule has 0 aromatic rings. The van der Waals surface area contributed by atoms with Crippen molar-refractivity contribution in [3.63, 3.8) is 0 Å². The summed E-state index contributed by atoms with van der Waals surface area (Å²) in [6.45, 7) is 8.32. The molecule has 1 N–H and O–H groups in total. The molecule has 0 saturated carbocycles. The van der Waals surface area contributed by atoms with E-state index >= 15 is 0 Å². The predicted molar refractivity (Wildman–Crippen MR) is 64.3 cm³/mol. The molecule has 0 aromatic heterocycles. The van der Waals surface area contributed by atoms with Gasteiger partial charge in [0.1, 0.15) is 0 Å². The predicted octanol–water partition coefficient (Wildman–Crippen LogP) is 0.868. The van der Waals surface area contributed by atoms with Crippen LogP contribution >= 0.6 is 0 Å². The summed E-state index contributed by atoms with van der Waals surface area (Å²) >= 11 is 0. The van der Waals surface area contributed by atoms with Crippen LogP contribution in [0.2, 0.25) is 0 Å². The molecular formula is C12H24N2O2. The maximum atomic E-state index is 12.2. The van der Waals surface area contributed by atoms with Gasteiger partial charge in [-0.3, -0.25) is 4.79 Å². The van der Waals surface area contributed by atoms with E-state index in [1.807, 2.05) is 11.9 Å². The molecule has 1 heterocycles. The van der Waals surface area contributed by atoms with E-state index in [2.05, 4.69) is 26.1 Å². The summed E-state index contributed by atoms with van der Waals surface area (Å²) in [4.78, 5) is 14.1. The molecule has 16 heavy (non-hydrogen) atoms. The SMILES string of the molecule is CCNC1COCC1C(=O)N(C)C(C)CC. The van der Waals surface area contributed by atoms with Crippen LogP contribution < -0.4 is 5.32 Å². The van der Waals surface area contributed by atoms with Gasteiger partial charge < -0.3 is 15.0 Å². The summed E-state index contributed by atoms with van der Waals surface area (Å²) in [5.41, 5.74) is 0. The molecule has 4 nitrogen and oxygen atoms in total. The Kier molecular flexibility index (Phi) is 5.22. The molecule has 1 aliphatic heterocycles. The fourth-order valence-electron chi connectivity index (χ4n) is 2.01. The van der Waals surface area contributed by atoms with Gasteiger partial charge in [0.15, 0.2) is 0 Å². The van der Waals surface area contributed by atoms with Gasteiger partial charge in [0.2, 0.25) is 5.91 Å². The van der Waals surface area contributed by atoms with Crippen molar-refractivity contribution < 1.29 is 9.53 Å². The molecular weight excluding hydrogens is 204 g/mol. The minimum atomic E-state index is -0.0149. The lowest BCUT2D eigenvalue weighted by atomic mass is 10.0. The highest BCUT2D eigenvalue weighted by molar-refractivity contribution is 5.80. The third-order valence-corrected chi connectivity index (χ3v) is 3.46. The smallest absolute Gasteiger partial charge is 0.229 e. The Balaban J connectivity index is 2.58. The van der Waals surface area contributed by atoms with Gasteiger partial charge in [-0.15, -0.1) is 0 Å². The van der Waals surface area contributed by atoms with Gasteiger partial charge in [0.05, 0.1) is 19.1 Å². The highest BCUT2D eigenvalue weighted by Crippen LogP contribution is 2.17. The number of carbonyl (C=O) groups excluding carboxylic acids is 1. The zero-order valence-electron chi connectivity index (χ0n) is 10.8. The van der Waals surface area contributed by atoms with Crippen molar-refractivity contribution in [2.75, 3.05) is 26.8 Å². The maximum absolute atomic E-state index is 12.2. The summed E-state index contributed by atoms with van der Waals surface area (Å²) in [5.74, 6) is 0.191. The van der Waals surface area contributed by atoms with E-state index in [0.717, 1.165) is 13.0 Å². The van der Waals surface area contributed by atoms with Crippen LogP contribution in [0.15, 0.2) is 0 Å². The molecule has 3 unspecified atom stereocenters. The van der Waals surface area contributed by atoms with Crippen molar-refractivity contribution in [1.82, 2.24) is 10.2 Å². The van der Waals surface area contributed by atoms with E-state index in [1.165, 1.54) is 0 Å². The second-order valence-corrected chi connectivity index (χ2v) is 4.51. The van der Waals surface area contributed by atoms with Gasteiger partial charge in [0.25, 0.3) is 0 Å². The van der Waals surface area contributed by atoms with Crippen LogP contribution in [0, 0.1) is 5.92 Å². The summed E-state index contributed by atoms with van der Waals surface area (Å²) in [5, 5.41) is 3.31. The van der Waals surface area contributed by atoms with E-state index in [4.69, 9.17) is 4.74 Å². The first-order chi connectivity index (χ1) is 7.61. The Hall–Kier alpha value is -0.610. The maximum Gasteiger partial charge on any atom is 0.229 e. The number of ether oxygens (including phenoxy) is 1. The van der Waals surface area contributed by atoms with Crippen molar-refractivity contribution in [3.05, 3.63) is 0 Å². The van der Waals surface area contributed by atoms with Crippen molar-refractivity contribution in [2.45, 2.75) is 39.3 Å². The molecule has 0 aromatic carbocycles. The van der Waals surface area contributed by atoms with Gasteiger partial charge in [-0.2, -0.15) is 0 Å². The van der Waals surface area contributed by atoms with Gasteiger partial charge in [-0.05, 0) is 19.9 Å². The van der Waals surface area contributed by atoms with Gasteiger partial charge in [0, 0.05) is 19.1 Å². The van der Waals surface area contributed by atoms with Crippen molar-refractivity contribution in [2.24, 2.45) is 5.92 Å². The number of hydrogen-bond donors (Lipinski definition) is 1. The lowest BCUT2D eigenvalue weighted by Crippen LogP contribution is -2.46. The molecule has 4 heteroatoms. The zero-order chi connectivity index (χ0) is 12.1. The number of rotatable bonds is 5. The van der Waals surface area contributed by atoms with Gasteiger partial charge in [-0.1, -0.05) is 13.8 Å². The van der Waals surface area contributed by atoms with E-state index in [-0.39, 0.29) is 17.9 Å². The van der Waals surface area contributed by atoms with E-state index < -0.39 is 0 Å². The normalized spacial score (nSPS) is 26.8. The molecule has 0 spiro atoms. The lowest BCUT2D eigenvalue weighted by Gasteiger charge is -2.28. The number of nitrogens with zero attached hydrogens (tertiary/aromatic N) is 1. The van der Waals surface area contributed by atoms with Crippen LogP contribution in [0.5, 0.6) is 0 Å². The minimum absolute atomic E-state index is 0.0149. The Bertz CT molecular complexity index is 233. The topological polar surface area (TPSA) is 41.6 Å². The van der Waals surface area contributed by atoms with Crippen LogP contribution in [0.1, 0.15) is 27.2 Å². The first-order valence-corrected chi connectivity index (χ1v) is 6.19. The Morgan fingerprint density at radius 1 is 1.50 bits per heavy atom. The highest BCUT2D eigenvalue weighted by Gasteiger charge is 2.35. The monoisotopic (exact) mass is 228 g/mol. The molecule has 94 valence electrons. The summed E-state index contributed by atoms with van der Waals surface area (Å²) in [6, 6.07) is 0.486. The first-order valence-electron chi connectivity index (χ1n) is 6.19. The third kappa shape index (κ3) is 2.95. The summed E-state index contributed by atoms with van der Waals surface area (Å²) < 4.78 is 5.40. The summed E-state index contributed by atoms with van der Waals surface area (Å²) in [6.07, 6.45) is 0.988. The molecule has 0 radical (unpaired) electrons. The molecule has 1 amide bonds. The Morgan fingerprint density at radius 3 is 2.75 bits per heavy atom. The van der Waals surface area contributed by atoms with Crippen LogP contribution in [0.25, 0.3) is 0 Å². The van der Waals surface area contributed by atoms with Gasteiger partial charge >= 0.3 is 0 Å². The van der Waals surface area contributed by atoms with Crippen molar-refractivity contribution in [1.29, 1.82) is 0 Å². The lowest BCUT2D eigenvalue weighted by molar-refractivity contribution is -0.136. The molecule has 0 aliphatic carbocycles. The number of nitrogens with one attached hydrogen (secondary N) is 1. The van der Waals surface area contributed by atoms with Crippen LogP contribution in [0.3, 0.4) is 0 Å². The van der Waals surface area contributed by atoms with Crippen molar-refractivity contribution in [3.8, 4) is 0 Å². The molecule has 1 rings (SSSR count). The molecule has 1 aliphatic rings. The average Bonchev–Trinajstić information content (AvgIpc) is 2.74. The van der Waals surface area contributed by atoms with E-state index in [1.54, 1.807) is 0 Å². The molecule has 1 saturated heterocycles. The third-order valence-electron chi connectivity index (χ3n) is 3.46. The number of likely N-dealkylation sites (N-methyl/N-ethyl adjacent to an activating group) is 1. The Morgan fingerprint density at radius 2 is 2.19 bits per heavy atom.